The number of amides is 3. The summed E-state index contributed by atoms with van der Waals surface area (Å²) >= 11 is 0. The van der Waals surface area contributed by atoms with Crippen LogP contribution in [0.2, 0.25) is 0 Å². The van der Waals surface area contributed by atoms with Crippen LogP contribution in [0.4, 0.5) is 5.69 Å². The Hall–Kier alpha value is -1.87. The van der Waals surface area contributed by atoms with Gasteiger partial charge in [-0.3, -0.25) is 19.3 Å². The summed E-state index contributed by atoms with van der Waals surface area (Å²) in [6.45, 7) is 3.38. The number of halogens is 2. The molecule has 1 saturated heterocycles. The van der Waals surface area contributed by atoms with Crippen LogP contribution in [0.1, 0.15) is 12.0 Å². The molecule has 1 aromatic carbocycles. The van der Waals surface area contributed by atoms with Crippen molar-refractivity contribution in [3.05, 3.63) is 29.8 Å². The number of carbonyl (C=O) groups is 3. The molecule has 0 aromatic heterocycles. The molecule has 0 radical (unpaired) electrons. The molecule has 10 heteroatoms. The van der Waals surface area contributed by atoms with Gasteiger partial charge in [-0.05, 0) is 24.5 Å². The number of fused-ring (bicyclic) bond motifs is 1. The molecular formula is C19H29Cl2N5O3. The maximum atomic E-state index is 12.8. The van der Waals surface area contributed by atoms with Crippen molar-refractivity contribution in [1.29, 1.82) is 0 Å². The quantitative estimate of drug-likeness (QED) is 0.665. The van der Waals surface area contributed by atoms with E-state index in [0.29, 0.717) is 32.7 Å². The number of nitrogens with two attached hydrogens (primary N) is 1. The van der Waals surface area contributed by atoms with E-state index in [9.17, 15) is 14.4 Å². The van der Waals surface area contributed by atoms with E-state index >= 15 is 0 Å². The molecule has 0 aliphatic carbocycles. The van der Waals surface area contributed by atoms with E-state index in [1.54, 1.807) is 4.90 Å². The lowest BCUT2D eigenvalue weighted by molar-refractivity contribution is -0.134. The van der Waals surface area contributed by atoms with Gasteiger partial charge in [0.2, 0.25) is 17.7 Å². The predicted octanol–water partition coefficient (Wildman–Crippen LogP) is 0.0285. The molecular weight excluding hydrogens is 417 g/mol. The van der Waals surface area contributed by atoms with Gasteiger partial charge in [-0.1, -0.05) is 18.2 Å². The van der Waals surface area contributed by atoms with Crippen molar-refractivity contribution in [2.45, 2.75) is 12.8 Å². The number of anilines is 1. The number of hydrogen-bond acceptors (Lipinski definition) is 5. The predicted molar refractivity (Wildman–Crippen MR) is 117 cm³/mol. The zero-order valence-electron chi connectivity index (χ0n) is 16.3. The van der Waals surface area contributed by atoms with E-state index in [2.05, 4.69) is 16.3 Å². The van der Waals surface area contributed by atoms with Crippen molar-refractivity contribution in [2.75, 3.05) is 57.3 Å². The van der Waals surface area contributed by atoms with Gasteiger partial charge in [0, 0.05) is 38.4 Å². The fourth-order valence-corrected chi connectivity index (χ4v) is 3.58. The Morgan fingerprint density at radius 3 is 2.34 bits per heavy atom. The maximum Gasteiger partial charge on any atom is 0.242 e. The van der Waals surface area contributed by atoms with Crippen LogP contribution in [0, 0.1) is 0 Å². The molecule has 162 valence electrons. The second kappa shape index (κ2) is 12.0. The molecule has 29 heavy (non-hydrogen) atoms. The summed E-state index contributed by atoms with van der Waals surface area (Å²) < 4.78 is 0. The average Bonchev–Trinajstić information content (AvgIpc) is 2.71. The molecule has 3 amide bonds. The second-order valence-corrected chi connectivity index (χ2v) is 6.92. The third-order valence-electron chi connectivity index (χ3n) is 5.12. The van der Waals surface area contributed by atoms with Gasteiger partial charge in [0.25, 0.3) is 0 Å². The van der Waals surface area contributed by atoms with Gasteiger partial charge in [-0.15, -0.1) is 24.8 Å². The molecule has 1 fully saturated rings. The molecule has 2 heterocycles. The first-order chi connectivity index (χ1) is 13.1. The topological polar surface area (TPSA) is 99.0 Å². The molecule has 1 aromatic rings. The molecule has 0 unspecified atom stereocenters. The van der Waals surface area contributed by atoms with Crippen LogP contribution in [0.25, 0.3) is 0 Å². The fraction of sp³-hybridized carbons (Fsp3) is 0.526. The number of nitrogens with zero attached hydrogens (tertiary/aromatic N) is 3. The summed E-state index contributed by atoms with van der Waals surface area (Å²) in [6.07, 6.45) is 2.00. The average molecular weight is 446 g/mol. The number of hydrogen-bond donors (Lipinski definition) is 2. The van der Waals surface area contributed by atoms with Crippen molar-refractivity contribution in [3.8, 4) is 0 Å². The minimum atomic E-state index is -0.339. The molecule has 2 aliphatic rings. The maximum absolute atomic E-state index is 12.8. The Labute approximate surface area is 183 Å². The van der Waals surface area contributed by atoms with Crippen LogP contribution in [0.15, 0.2) is 24.3 Å². The summed E-state index contributed by atoms with van der Waals surface area (Å²) in [4.78, 5) is 41.8. The van der Waals surface area contributed by atoms with E-state index in [-0.39, 0.29) is 55.6 Å². The Morgan fingerprint density at radius 1 is 0.966 bits per heavy atom. The summed E-state index contributed by atoms with van der Waals surface area (Å²) in [5.74, 6) is -0.348. The Morgan fingerprint density at radius 2 is 1.66 bits per heavy atom. The van der Waals surface area contributed by atoms with Gasteiger partial charge in [0.1, 0.15) is 0 Å². The summed E-state index contributed by atoms with van der Waals surface area (Å²) in [5.41, 5.74) is 7.47. The van der Waals surface area contributed by atoms with Crippen LogP contribution >= 0.6 is 24.8 Å². The standard InChI is InChI=1S/C19H27N5O3.2ClH/c20-12-17(25)21-13-18(26)23-10-8-22(9-11-23)14-19(27)24-7-3-5-15-4-1-2-6-16(15)24;;/h1-2,4,6H,3,5,7-14,20H2,(H,21,25);2*1H. The zero-order valence-corrected chi connectivity index (χ0v) is 18.0. The van der Waals surface area contributed by atoms with E-state index < -0.39 is 0 Å². The first-order valence-electron chi connectivity index (χ1n) is 9.43. The normalized spacial score (nSPS) is 16.2. The number of carbonyl (C=O) groups excluding carboxylic acids is 3. The van der Waals surface area contributed by atoms with Crippen molar-refractivity contribution < 1.29 is 14.4 Å². The monoisotopic (exact) mass is 445 g/mol. The first kappa shape index (κ1) is 25.2. The molecule has 2 aliphatic heterocycles. The smallest absolute Gasteiger partial charge is 0.242 e. The first-order valence-corrected chi connectivity index (χ1v) is 9.43. The SMILES string of the molecule is Cl.Cl.NCC(=O)NCC(=O)N1CCN(CC(=O)N2CCCc3ccccc32)CC1. The minimum absolute atomic E-state index is 0. The molecule has 0 spiro atoms. The van der Waals surface area contributed by atoms with E-state index in [1.165, 1.54) is 5.56 Å². The van der Waals surface area contributed by atoms with E-state index in [4.69, 9.17) is 5.73 Å². The van der Waals surface area contributed by atoms with Crippen molar-refractivity contribution in [2.24, 2.45) is 5.73 Å². The van der Waals surface area contributed by atoms with Gasteiger partial charge >= 0.3 is 0 Å². The molecule has 0 saturated carbocycles. The van der Waals surface area contributed by atoms with Crippen molar-refractivity contribution in [3.63, 3.8) is 0 Å². The van der Waals surface area contributed by atoms with Crippen molar-refractivity contribution >= 4 is 48.2 Å². The second-order valence-electron chi connectivity index (χ2n) is 6.92. The van der Waals surface area contributed by atoms with Gasteiger partial charge in [-0.25, -0.2) is 0 Å². The molecule has 8 nitrogen and oxygen atoms in total. The number of nitrogens with one attached hydrogen (secondary N) is 1. The highest BCUT2D eigenvalue weighted by molar-refractivity contribution is 5.96. The summed E-state index contributed by atoms with van der Waals surface area (Å²) in [7, 11) is 0. The van der Waals surface area contributed by atoms with Crippen LogP contribution in [-0.2, 0) is 20.8 Å². The largest absolute Gasteiger partial charge is 0.346 e. The molecule has 0 bridgehead atoms. The van der Waals surface area contributed by atoms with Gasteiger partial charge < -0.3 is 20.9 Å². The number of para-hydroxylation sites is 1. The highest BCUT2D eigenvalue weighted by atomic mass is 35.5. The van der Waals surface area contributed by atoms with Crippen LogP contribution in [-0.4, -0.2) is 79.9 Å². The fourth-order valence-electron chi connectivity index (χ4n) is 3.58. The lowest BCUT2D eigenvalue weighted by Gasteiger charge is -2.36. The number of benzene rings is 1. The Bertz CT molecular complexity index is 711. The molecule has 0 atom stereocenters. The third-order valence-corrected chi connectivity index (χ3v) is 5.12. The molecule has 3 N–H and O–H groups in total. The van der Waals surface area contributed by atoms with Crippen molar-refractivity contribution in [1.82, 2.24) is 15.1 Å². The highest BCUT2D eigenvalue weighted by Crippen LogP contribution is 2.26. The van der Waals surface area contributed by atoms with Crippen LogP contribution in [0.3, 0.4) is 0 Å². The van der Waals surface area contributed by atoms with Gasteiger partial charge in [-0.2, -0.15) is 0 Å². The lowest BCUT2D eigenvalue weighted by atomic mass is 10.0. The van der Waals surface area contributed by atoms with Crippen LogP contribution in [0.5, 0.6) is 0 Å². The lowest BCUT2D eigenvalue weighted by Crippen LogP contribution is -2.53. The van der Waals surface area contributed by atoms with Gasteiger partial charge in [0.05, 0.1) is 19.6 Å². The summed E-state index contributed by atoms with van der Waals surface area (Å²) in [6, 6.07) is 8.08. The summed E-state index contributed by atoms with van der Waals surface area (Å²) in [5, 5.41) is 2.50. The number of piperazine rings is 1. The number of aryl methyl sites for hydroxylation is 1. The highest BCUT2D eigenvalue weighted by Gasteiger charge is 2.26. The number of rotatable bonds is 5. The third kappa shape index (κ3) is 6.57. The van der Waals surface area contributed by atoms with Gasteiger partial charge in [0.15, 0.2) is 0 Å². The Kier molecular flexibility index (Phi) is 10.4. The minimum Gasteiger partial charge on any atom is -0.346 e. The zero-order chi connectivity index (χ0) is 19.2. The van der Waals surface area contributed by atoms with E-state index in [1.807, 2.05) is 23.1 Å². The van der Waals surface area contributed by atoms with E-state index in [0.717, 1.165) is 25.1 Å². The Balaban J connectivity index is 0.00000210. The molecule has 3 rings (SSSR count). The van der Waals surface area contributed by atoms with Crippen LogP contribution < -0.4 is 16.0 Å².